The van der Waals surface area contributed by atoms with Crippen LogP contribution in [0.3, 0.4) is 0 Å². The molecule has 0 aliphatic carbocycles. The first-order chi connectivity index (χ1) is 12.3. The summed E-state index contributed by atoms with van der Waals surface area (Å²) in [4.78, 5) is 4.18. The maximum absolute atomic E-state index is 4.18. The molecule has 1 N–H and O–H groups in total. The molecule has 124 valence electrons. The van der Waals surface area contributed by atoms with Gasteiger partial charge in [0, 0.05) is 42.3 Å². The van der Waals surface area contributed by atoms with Crippen molar-refractivity contribution in [1.29, 1.82) is 0 Å². The lowest BCUT2D eigenvalue weighted by Crippen LogP contribution is -2.18. The molecule has 6 heteroatoms. The Kier molecular flexibility index (Phi) is 4.18. The second kappa shape index (κ2) is 6.78. The van der Waals surface area contributed by atoms with Crippen molar-refractivity contribution < 1.29 is 0 Å². The molecule has 0 aliphatic heterocycles. The summed E-state index contributed by atoms with van der Waals surface area (Å²) in [6.07, 6.45) is 5.62. The number of hydrogen-bond acceptors (Lipinski definition) is 5. The van der Waals surface area contributed by atoms with E-state index >= 15 is 0 Å². The number of hydrogen-bond donors (Lipinski definition) is 1. The highest BCUT2D eigenvalue weighted by Crippen LogP contribution is 2.22. The van der Waals surface area contributed by atoms with E-state index in [1.807, 2.05) is 36.7 Å². The molecule has 0 bridgehead atoms. The van der Waals surface area contributed by atoms with E-state index in [2.05, 4.69) is 57.0 Å². The zero-order chi connectivity index (χ0) is 17.1. The summed E-state index contributed by atoms with van der Waals surface area (Å²) >= 11 is 0. The highest BCUT2D eigenvalue weighted by atomic mass is 15.5. The van der Waals surface area contributed by atoms with E-state index in [9.17, 15) is 0 Å². The van der Waals surface area contributed by atoms with E-state index in [0.29, 0.717) is 6.54 Å². The molecule has 0 fully saturated rings. The van der Waals surface area contributed by atoms with E-state index in [4.69, 9.17) is 0 Å². The Morgan fingerprint density at radius 2 is 1.96 bits per heavy atom. The Hall–Kier alpha value is -3.12. The van der Waals surface area contributed by atoms with Crippen LogP contribution in [0.1, 0.15) is 24.1 Å². The smallest absolute Gasteiger partial charge is 0.183 e. The van der Waals surface area contributed by atoms with Crippen LogP contribution in [0.2, 0.25) is 0 Å². The van der Waals surface area contributed by atoms with E-state index in [1.54, 1.807) is 10.7 Å². The molecular formula is C19H18N6. The summed E-state index contributed by atoms with van der Waals surface area (Å²) in [6, 6.07) is 16.6. The van der Waals surface area contributed by atoms with Crippen LogP contribution in [-0.4, -0.2) is 25.0 Å². The van der Waals surface area contributed by atoms with Crippen LogP contribution in [0.5, 0.6) is 0 Å². The Morgan fingerprint density at radius 1 is 1.08 bits per heavy atom. The predicted octanol–water partition coefficient (Wildman–Crippen LogP) is 3.04. The molecule has 25 heavy (non-hydrogen) atoms. The zero-order valence-electron chi connectivity index (χ0n) is 13.9. The summed E-state index contributed by atoms with van der Waals surface area (Å²) in [6.45, 7) is 2.79. The van der Waals surface area contributed by atoms with Gasteiger partial charge in [-0.25, -0.2) is 0 Å². The Morgan fingerprint density at radius 3 is 2.76 bits per heavy atom. The van der Waals surface area contributed by atoms with Gasteiger partial charge in [0.25, 0.3) is 0 Å². The number of aromatic nitrogens is 5. The van der Waals surface area contributed by atoms with Crippen LogP contribution < -0.4 is 5.32 Å². The number of rotatable bonds is 5. The highest BCUT2D eigenvalue weighted by molar-refractivity contribution is 5.66. The average molecular weight is 330 g/mol. The SMILES string of the molecule is CC(NCc1cc(-c2ccccc2)cn2nnnc12)c1cccnc1. The minimum absolute atomic E-state index is 0.185. The van der Waals surface area contributed by atoms with Crippen molar-refractivity contribution in [2.45, 2.75) is 19.5 Å². The lowest BCUT2D eigenvalue weighted by Gasteiger charge is -2.14. The topological polar surface area (TPSA) is 68.0 Å². The second-order valence-electron chi connectivity index (χ2n) is 5.96. The molecule has 4 aromatic rings. The number of nitrogens with zero attached hydrogens (tertiary/aromatic N) is 5. The Bertz CT molecular complexity index is 965. The van der Waals surface area contributed by atoms with Crippen molar-refractivity contribution in [3.8, 4) is 11.1 Å². The fraction of sp³-hybridized carbons (Fsp3) is 0.158. The van der Waals surface area contributed by atoms with Crippen molar-refractivity contribution in [3.05, 3.63) is 78.2 Å². The van der Waals surface area contributed by atoms with Gasteiger partial charge in [-0.15, -0.1) is 5.10 Å². The minimum Gasteiger partial charge on any atom is -0.306 e. The highest BCUT2D eigenvalue weighted by Gasteiger charge is 2.11. The van der Waals surface area contributed by atoms with Crippen LogP contribution in [0.15, 0.2) is 67.1 Å². The first-order valence-electron chi connectivity index (χ1n) is 8.20. The second-order valence-corrected chi connectivity index (χ2v) is 5.96. The third-order valence-corrected chi connectivity index (χ3v) is 4.26. The van der Waals surface area contributed by atoms with Gasteiger partial charge in [-0.05, 0) is 40.6 Å². The molecule has 0 aliphatic rings. The Balaban J connectivity index is 1.63. The molecule has 4 rings (SSSR count). The normalized spacial score (nSPS) is 12.4. The number of nitrogens with one attached hydrogen (secondary N) is 1. The lowest BCUT2D eigenvalue weighted by atomic mass is 10.1. The van der Waals surface area contributed by atoms with Crippen molar-refractivity contribution in [2.24, 2.45) is 0 Å². The Labute approximate surface area is 145 Å². The molecule has 1 aromatic carbocycles. The van der Waals surface area contributed by atoms with Gasteiger partial charge in [-0.3, -0.25) is 4.98 Å². The van der Waals surface area contributed by atoms with Gasteiger partial charge in [-0.1, -0.05) is 36.4 Å². The quantitative estimate of drug-likeness (QED) is 0.609. The molecule has 6 nitrogen and oxygen atoms in total. The van der Waals surface area contributed by atoms with Gasteiger partial charge < -0.3 is 5.32 Å². The summed E-state index contributed by atoms with van der Waals surface area (Å²) in [5.41, 5.74) is 5.21. The summed E-state index contributed by atoms with van der Waals surface area (Å²) in [5, 5.41) is 15.6. The molecule has 0 spiro atoms. The zero-order valence-corrected chi connectivity index (χ0v) is 13.9. The van der Waals surface area contributed by atoms with Crippen molar-refractivity contribution in [2.75, 3.05) is 0 Å². The molecule has 0 saturated heterocycles. The predicted molar refractivity (Wildman–Crippen MR) is 95.7 cm³/mol. The molecule has 1 atom stereocenters. The van der Waals surface area contributed by atoms with Crippen LogP contribution in [0.25, 0.3) is 16.8 Å². The van der Waals surface area contributed by atoms with Gasteiger partial charge in [-0.2, -0.15) is 4.52 Å². The molecule has 0 radical (unpaired) electrons. The third kappa shape index (κ3) is 3.25. The summed E-state index contributed by atoms with van der Waals surface area (Å²) < 4.78 is 1.73. The fourth-order valence-corrected chi connectivity index (χ4v) is 2.84. The standard InChI is InChI=1S/C19H18N6/c1-14(16-8-5-9-20-11-16)21-12-17-10-18(15-6-3-2-4-7-15)13-25-19(17)22-23-24-25/h2-11,13-14,21H,12H2,1H3. The molecular weight excluding hydrogens is 312 g/mol. The van der Waals surface area contributed by atoms with Gasteiger partial charge in [0.2, 0.25) is 0 Å². The van der Waals surface area contributed by atoms with Gasteiger partial charge in [0.15, 0.2) is 5.65 Å². The fourth-order valence-electron chi connectivity index (χ4n) is 2.84. The molecule has 0 amide bonds. The minimum atomic E-state index is 0.185. The van der Waals surface area contributed by atoms with Crippen molar-refractivity contribution in [3.63, 3.8) is 0 Å². The van der Waals surface area contributed by atoms with Gasteiger partial charge >= 0.3 is 0 Å². The van der Waals surface area contributed by atoms with E-state index in [-0.39, 0.29) is 6.04 Å². The van der Waals surface area contributed by atoms with E-state index < -0.39 is 0 Å². The summed E-state index contributed by atoms with van der Waals surface area (Å²) in [7, 11) is 0. The van der Waals surface area contributed by atoms with E-state index in [0.717, 1.165) is 27.9 Å². The van der Waals surface area contributed by atoms with Crippen LogP contribution in [-0.2, 0) is 6.54 Å². The first kappa shape index (κ1) is 15.4. The van der Waals surface area contributed by atoms with Crippen LogP contribution in [0, 0.1) is 0 Å². The molecule has 3 heterocycles. The molecule has 0 saturated carbocycles. The van der Waals surface area contributed by atoms with E-state index in [1.165, 1.54) is 0 Å². The third-order valence-electron chi connectivity index (χ3n) is 4.26. The average Bonchev–Trinajstić information content (AvgIpc) is 3.16. The van der Waals surface area contributed by atoms with Crippen molar-refractivity contribution >= 4 is 5.65 Å². The maximum Gasteiger partial charge on any atom is 0.183 e. The number of pyridine rings is 2. The number of tetrazole rings is 1. The molecule has 1 unspecified atom stereocenters. The first-order valence-corrected chi connectivity index (χ1v) is 8.20. The van der Waals surface area contributed by atoms with Crippen LogP contribution in [0.4, 0.5) is 0 Å². The van der Waals surface area contributed by atoms with Gasteiger partial charge in [0.1, 0.15) is 0 Å². The van der Waals surface area contributed by atoms with Crippen LogP contribution >= 0.6 is 0 Å². The largest absolute Gasteiger partial charge is 0.306 e. The number of fused-ring (bicyclic) bond motifs is 1. The maximum atomic E-state index is 4.18. The van der Waals surface area contributed by atoms with Gasteiger partial charge in [0.05, 0.1) is 0 Å². The lowest BCUT2D eigenvalue weighted by molar-refractivity contribution is 0.573. The molecule has 3 aromatic heterocycles. The summed E-state index contributed by atoms with van der Waals surface area (Å²) in [5.74, 6) is 0. The van der Waals surface area contributed by atoms with Crippen molar-refractivity contribution in [1.82, 2.24) is 30.3 Å². The number of benzene rings is 1. The monoisotopic (exact) mass is 330 g/mol.